The van der Waals surface area contributed by atoms with Crippen molar-refractivity contribution < 1.29 is 30.0 Å². The maximum atomic E-state index is 11.7. The maximum absolute atomic E-state index is 11.7. The van der Waals surface area contributed by atoms with Crippen molar-refractivity contribution in [2.24, 2.45) is 17.3 Å². The van der Waals surface area contributed by atoms with Gasteiger partial charge in [-0.05, 0) is 71.2 Å². The minimum atomic E-state index is 0. The van der Waals surface area contributed by atoms with Crippen LogP contribution in [-0.4, -0.2) is 20.9 Å². The van der Waals surface area contributed by atoms with Crippen LogP contribution in [-0.2, 0) is 36.7 Å². The Morgan fingerprint density at radius 3 is 2.04 bits per heavy atom. The number of pyridine rings is 2. The summed E-state index contributed by atoms with van der Waals surface area (Å²) in [5.41, 5.74) is 4.69. The number of benzene rings is 3. The molecule has 0 bridgehead atoms. The maximum Gasteiger partial charge on any atom is 0.162 e. The number of aliphatic hydroxyl groups is 1. The summed E-state index contributed by atoms with van der Waals surface area (Å²) in [5.74, 6) is 0.547. The van der Waals surface area contributed by atoms with Gasteiger partial charge in [-0.15, -0.1) is 29.1 Å². The third-order valence-electron chi connectivity index (χ3n) is 9.37. The van der Waals surface area contributed by atoms with Crippen molar-refractivity contribution >= 4 is 38.1 Å². The van der Waals surface area contributed by atoms with Crippen molar-refractivity contribution in [3.63, 3.8) is 0 Å². The number of fused-ring (bicyclic) bond motifs is 4. The van der Waals surface area contributed by atoms with E-state index in [2.05, 4.69) is 102 Å². The van der Waals surface area contributed by atoms with Gasteiger partial charge >= 0.3 is 0 Å². The van der Waals surface area contributed by atoms with Crippen LogP contribution >= 0.6 is 0 Å². The monoisotopic (exact) mass is 836 g/mol. The summed E-state index contributed by atoms with van der Waals surface area (Å²) >= 11 is 0. The van der Waals surface area contributed by atoms with Gasteiger partial charge in [0.25, 0.3) is 0 Å². The molecule has 0 amide bonds. The summed E-state index contributed by atoms with van der Waals surface area (Å²) in [7, 11) is 0. The van der Waals surface area contributed by atoms with Gasteiger partial charge in [0.2, 0.25) is 0 Å². The number of nitrogens with zero attached hydrogens (tertiary/aromatic N) is 2. The van der Waals surface area contributed by atoms with E-state index in [0.717, 1.165) is 54.4 Å². The average molecular weight is 836 g/mol. The van der Waals surface area contributed by atoms with E-state index >= 15 is 0 Å². The molecular formula is C44H55IrN2O2-. The number of carbonyl (C=O) groups is 1. The van der Waals surface area contributed by atoms with Gasteiger partial charge in [-0.1, -0.05) is 111 Å². The molecule has 2 heterocycles. The van der Waals surface area contributed by atoms with E-state index < -0.39 is 0 Å². The summed E-state index contributed by atoms with van der Waals surface area (Å²) in [4.78, 5) is 21.4. The average Bonchev–Trinajstić information content (AvgIpc) is 3.04. The van der Waals surface area contributed by atoms with Crippen LogP contribution in [0.1, 0.15) is 106 Å². The molecule has 1 radical (unpaired) electrons. The molecule has 0 aliphatic carbocycles. The van der Waals surface area contributed by atoms with Crippen molar-refractivity contribution in [3.05, 3.63) is 96.1 Å². The van der Waals surface area contributed by atoms with Gasteiger partial charge in [-0.3, -0.25) is 14.8 Å². The van der Waals surface area contributed by atoms with E-state index in [0.29, 0.717) is 0 Å². The Morgan fingerprint density at radius 1 is 0.796 bits per heavy atom. The van der Waals surface area contributed by atoms with Gasteiger partial charge < -0.3 is 5.11 Å². The smallest absolute Gasteiger partial charge is 0.162 e. The quantitative estimate of drug-likeness (QED) is 0.0695. The van der Waals surface area contributed by atoms with Gasteiger partial charge in [0.15, 0.2) is 5.78 Å². The predicted octanol–water partition coefficient (Wildman–Crippen LogP) is 12.2. The number of allylic oxidation sites excluding steroid dienone is 2. The molecule has 4 nitrogen and oxygen atoms in total. The summed E-state index contributed by atoms with van der Waals surface area (Å²) in [5, 5.41) is 17.0. The Bertz CT molecular complexity index is 1900. The second kappa shape index (κ2) is 17.0. The molecule has 49 heavy (non-hydrogen) atoms. The molecule has 0 atom stereocenters. The number of hydrogen-bond acceptors (Lipinski definition) is 4. The van der Waals surface area contributed by atoms with Crippen LogP contribution in [0.15, 0.2) is 78.8 Å². The van der Waals surface area contributed by atoms with E-state index in [1.807, 2.05) is 40.1 Å². The molecule has 5 heteroatoms. The predicted molar refractivity (Wildman–Crippen MR) is 205 cm³/mol. The van der Waals surface area contributed by atoms with E-state index in [-0.39, 0.29) is 54.3 Å². The van der Waals surface area contributed by atoms with Crippen LogP contribution in [0.5, 0.6) is 0 Å². The van der Waals surface area contributed by atoms with E-state index in [1.165, 1.54) is 38.6 Å². The standard InChI is InChI=1S/C31H31N2.C13H24O2.Ir/c1-30(2,3)19-27-24-12-11-20-13-15-33-29(28(20)25(24)14-16-32-27)22-17-21-9-7-8-10-23(21)26(18-22)31(4,5)6;1-5-10(6-2)12(14)9-13(15)11(7-3)8-4;/h7-16,18H,19H2,1-6H3;9-11,14H,5-8H2,1-4H3;/q-1;;/b;12-9-;. The molecule has 5 aromatic rings. The van der Waals surface area contributed by atoms with Gasteiger partial charge in [0, 0.05) is 67.2 Å². The number of hydrogen-bond donors (Lipinski definition) is 1. The Morgan fingerprint density at radius 2 is 1.43 bits per heavy atom. The minimum absolute atomic E-state index is 0. The summed E-state index contributed by atoms with van der Waals surface area (Å²) < 4.78 is 0. The van der Waals surface area contributed by atoms with Crippen LogP contribution in [0.2, 0.25) is 0 Å². The van der Waals surface area contributed by atoms with Gasteiger partial charge in [-0.25, -0.2) is 0 Å². The first-order chi connectivity index (χ1) is 22.7. The molecular weight excluding hydrogens is 781 g/mol. The van der Waals surface area contributed by atoms with Crippen LogP contribution < -0.4 is 0 Å². The summed E-state index contributed by atoms with van der Waals surface area (Å²) in [6.07, 6.45) is 9.70. The van der Waals surface area contributed by atoms with Gasteiger partial charge in [0.05, 0.1) is 5.76 Å². The fraction of sp³-hybridized carbons (Fsp3) is 0.432. The Balaban J connectivity index is 0.000000347. The van der Waals surface area contributed by atoms with Crippen molar-refractivity contribution in [2.45, 2.75) is 107 Å². The summed E-state index contributed by atoms with van der Waals surface area (Å²) in [6.45, 7) is 21.7. The number of carbonyl (C=O) groups excluding carboxylic acids is 1. The molecule has 1 N–H and O–H groups in total. The second-order valence-electron chi connectivity index (χ2n) is 15.3. The van der Waals surface area contributed by atoms with Gasteiger partial charge in [-0.2, -0.15) is 0 Å². The van der Waals surface area contributed by atoms with Crippen molar-refractivity contribution in [3.8, 4) is 11.3 Å². The second-order valence-corrected chi connectivity index (χ2v) is 15.3. The van der Waals surface area contributed by atoms with Crippen molar-refractivity contribution in [1.29, 1.82) is 0 Å². The van der Waals surface area contributed by atoms with Crippen LogP contribution in [0, 0.1) is 23.3 Å². The molecule has 2 aromatic heterocycles. The van der Waals surface area contributed by atoms with Crippen LogP contribution in [0.3, 0.4) is 0 Å². The molecule has 0 saturated heterocycles. The van der Waals surface area contributed by atoms with Crippen molar-refractivity contribution in [2.75, 3.05) is 0 Å². The van der Waals surface area contributed by atoms with Crippen molar-refractivity contribution in [1.82, 2.24) is 9.97 Å². The molecule has 0 saturated carbocycles. The SMILES string of the molecule is CC(C)(C)Cc1nccc2c1ccc1ccnc(-c3[c-]c4ccccc4c(C(C)(C)C)c3)c12.CCC(CC)C(=O)/C=C(\O)C(CC)CC.[Ir]. The van der Waals surface area contributed by atoms with Crippen LogP contribution in [0.25, 0.3) is 43.6 Å². The molecule has 5 rings (SSSR count). The first-order valence-electron chi connectivity index (χ1n) is 17.8. The Labute approximate surface area is 308 Å². The fourth-order valence-electron chi connectivity index (χ4n) is 6.60. The first kappa shape index (κ1) is 40.0. The largest absolute Gasteiger partial charge is 0.512 e. The number of aliphatic hydroxyl groups excluding tert-OH is 1. The van der Waals surface area contributed by atoms with E-state index in [9.17, 15) is 9.90 Å². The number of rotatable bonds is 9. The molecule has 0 aliphatic rings. The van der Waals surface area contributed by atoms with Gasteiger partial charge in [0.1, 0.15) is 0 Å². The number of aromatic nitrogens is 2. The van der Waals surface area contributed by atoms with E-state index in [4.69, 9.17) is 9.97 Å². The molecule has 0 spiro atoms. The van der Waals surface area contributed by atoms with Crippen LogP contribution in [0.4, 0.5) is 0 Å². The normalized spacial score (nSPS) is 12.4. The molecule has 3 aromatic carbocycles. The fourth-order valence-corrected chi connectivity index (χ4v) is 6.60. The summed E-state index contributed by atoms with van der Waals surface area (Å²) in [6, 6.07) is 23.2. The first-order valence-corrected chi connectivity index (χ1v) is 17.8. The molecule has 263 valence electrons. The Hall–Kier alpha value is -3.40. The van der Waals surface area contributed by atoms with E-state index in [1.54, 1.807) is 0 Å². The number of ketones is 1. The molecule has 0 unspecified atom stereocenters. The third-order valence-corrected chi connectivity index (χ3v) is 9.37. The minimum Gasteiger partial charge on any atom is -0.512 e. The Kier molecular flexibility index (Phi) is 13.9. The molecule has 0 fully saturated rings. The third kappa shape index (κ3) is 9.65. The zero-order valence-electron chi connectivity index (χ0n) is 31.2. The zero-order chi connectivity index (χ0) is 35.2. The zero-order valence-corrected chi connectivity index (χ0v) is 33.6. The molecule has 0 aliphatic heterocycles. The topological polar surface area (TPSA) is 63.1 Å².